The molecule has 0 aromatic carbocycles. The maximum absolute atomic E-state index is 5.44. The van der Waals surface area contributed by atoms with E-state index >= 15 is 0 Å². The predicted molar refractivity (Wildman–Crippen MR) is 33.2 cm³/mol. The lowest BCUT2D eigenvalue weighted by Gasteiger charge is -2.02. The summed E-state index contributed by atoms with van der Waals surface area (Å²) in [7, 11) is 0. The zero-order chi connectivity index (χ0) is 6.20. The molecule has 3 nitrogen and oxygen atoms in total. The SMILES string of the molecule is CC1(/C(N)=N/N)CC1. The van der Waals surface area contributed by atoms with Crippen molar-refractivity contribution in [3.8, 4) is 0 Å². The molecule has 0 aromatic rings. The molecule has 4 N–H and O–H groups in total. The molecule has 1 saturated carbocycles. The minimum absolute atomic E-state index is 0.161. The van der Waals surface area contributed by atoms with E-state index in [1.54, 1.807) is 0 Å². The molecule has 0 aliphatic heterocycles. The molecular weight excluding hydrogens is 102 g/mol. The molecule has 0 unspecified atom stereocenters. The van der Waals surface area contributed by atoms with Gasteiger partial charge < -0.3 is 11.6 Å². The van der Waals surface area contributed by atoms with E-state index in [2.05, 4.69) is 12.0 Å². The van der Waals surface area contributed by atoms with Crippen molar-refractivity contribution in [2.75, 3.05) is 0 Å². The molecule has 1 aliphatic carbocycles. The molecule has 0 saturated heterocycles. The average molecular weight is 113 g/mol. The summed E-state index contributed by atoms with van der Waals surface area (Å²) in [6, 6.07) is 0. The summed E-state index contributed by atoms with van der Waals surface area (Å²) in [5.41, 5.74) is 5.60. The zero-order valence-corrected chi connectivity index (χ0v) is 5.02. The molecule has 0 aromatic heterocycles. The average Bonchev–Trinajstić information content (AvgIpc) is 2.47. The summed E-state index contributed by atoms with van der Waals surface area (Å²) in [6.45, 7) is 2.07. The lowest BCUT2D eigenvalue weighted by Crippen LogP contribution is -2.23. The van der Waals surface area contributed by atoms with Crippen LogP contribution in [0.15, 0.2) is 5.10 Å². The molecular formula is C5H11N3. The van der Waals surface area contributed by atoms with Gasteiger partial charge in [-0.2, -0.15) is 5.10 Å². The normalized spacial score (nSPS) is 25.4. The molecule has 0 bridgehead atoms. The summed E-state index contributed by atoms with van der Waals surface area (Å²) >= 11 is 0. The highest BCUT2D eigenvalue weighted by Crippen LogP contribution is 2.44. The van der Waals surface area contributed by atoms with Crippen molar-refractivity contribution >= 4 is 5.84 Å². The molecule has 3 heteroatoms. The zero-order valence-electron chi connectivity index (χ0n) is 5.02. The van der Waals surface area contributed by atoms with Crippen molar-refractivity contribution in [3.63, 3.8) is 0 Å². The van der Waals surface area contributed by atoms with Crippen LogP contribution in [0.1, 0.15) is 19.8 Å². The van der Waals surface area contributed by atoms with Gasteiger partial charge in [-0.3, -0.25) is 0 Å². The molecule has 1 rings (SSSR count). The van der Waals surface area contributed by atoms with Gasteiger partial charge in [0.15, 0.2) is 0 Å². The molecule has 1 fully saturated rings. The van der Waals surface area contributed by atoms with Crippen LogP contribution in [-0.2, 0) is 0 Å². The number of nitrogens with two attached hydrogens (primary N) is 2. The highest BCUT2D eigenvalue weighted by atomic mass is 15.2. The Kier molecular flexibility index (Phi) is 0.927. The largest absolute Gasteiger partial charge is 0.385 e. The van der Waals surface area contributed by atoms with Gasteiger partial charge >= 0.3 is 0 Å². The van der Waals surface area contributed by atoms with E-state index in [1.165, 1.54) is 0 Å². The highest BCUT2D eigenvalue weighted by Gasteiger charge is 2.41. The molecule has 0 heterocycles. The predicted octanol–water partition coefficient (Wildman–Crippen LogP) is 0.0174. The van der Waals surface area contributed by atoms with Gasteiger partial charge in [0, 0.05) is 5.41 Å². The lowest BCUT2D eigenvalue weighted by molar-refractivity contribution is 0.786. The van der Waals surface area contributed by atoms with E-state index in [1.807, 2.05) is 0 Å². The molecule has 0 amide bonds. The van der Waals surface area contributed by atoms with Crippen LogP contribution >= 0.6 is 0 Å². The lowest BCUT2D eigenvalue weighted by atomic mass is 10.1. The monoisotopic (exact) mass is 113 g/mol. The summed E-state index contributed by atoms with van der Waals surface area (Å²) in [6.07, 6.45) is 2.28. The van der Waals surface area contributed by atoms with E-state index in [4.69, 9.17) is 11.6 Å². The quantitative estimate of drug-likeness (QED) is 0.218. The second-order valence-electron chi connectivity index (χ2n) is 2.58. The van der Waals surface area contributed by atoms with Crippen molar-refractivity contribution in [1.29, 1.82) is 0 Å². The van der Waals surface area contributed by atoms with Gasteiger partial charge in [-0.25, -0.2) is 0 Å². The third-order valence-corrected chi connectivity index (χ3v) is 1.76. The molecule has 46 valence electrons. The van der Waals surface area contributed by atoms with Crippen molar-refractivity contribution in [2.24, 2.45) is 22.1 Å². The van der Waals surface area contributed by atoms with Gasteiger partial charge in [-0.05, 0) is 12.8 Å². The summed E-state index contributed by atoms with van der Waals surface area (Å²) in [5, 5.41) is 3.42. The van der Waals surface area contributed by atoms with Crippen LogP contribution in [0.5, 0.6) is 0 Å². The van der Waals surface area contributed by atoms with Crippen LogP contribution in [0.25, 0.3) is 0 Å². The Balaban J connectivity index is 2.59. The van der Waals surface area contributed by atoms with E-state index in [0.29, 0.717) is 5.84 Å². The maximum atomic E-state index is 5.44. The Labute approximate surface area is 48.7 Å². The first kappa shape index (κ1) is 5.41. The number of hydrogen-bond acceptors (Lipinski definition) is 2. The maximum Gasteiger partial charge on any atom is 0.125 e. The van der Waals surface area contributed by atoms with Crippen molar-refractivity contribution in [1.82, 2.24) is 0 Å². The number of hydrogen-bond donors (Lipinski definition) is 2. The Morgan fingerprint density at radius 1 is 1.62 bits per heavy atom. The van der Waals surface area contributed by atoms with Gasteiger partial charge in [-0.1, -0.05) is 6.92 Å². The third-order valence-electron chi connectivity index (χ3n) is 1.76. The molecule has 0 atom stereocenters. The topological polar surface area (TPSA) is 64.4 Å². The first-order valence-corrected chi connectivity index (χ1v) is 2.73. The van der Waals surface area contributed by atoms with E-state index in [-0.39, 0.29) is 5.41 Å². The third kappa shape index (κ3) is 0.638. The van der Waals surface area contributed by atoms with Crippen LogP contribution < -0.4 is 11.6 Å². The standard InChI is InChI=1S/C5H11N3/c1-5(2-3-5)4(6)8-7/h2-3,7H2,1H3,(H2,6,8). The molecule has 0 radical (unpaired) electrons. The van der Waals surface area contributed by atoms with Gasteiger partial charge in [-0.15, -0.1) is 0 Å². The smallest absolute Gasteiger partial charge is 0.125 e. The van der Waals surface area contributed by atoms with E-state index in [0.717, 1.165) is 12.8 Å². The van der Waals surface area contributed by atoms with Gasteiger partial charge in [0.05, 0.1) is 0 Å². The summed E-state index contributed by atoms with van der Waals surface area (Å²) < 4.78 is 0. The second kappa shape index (κ2) is 1.37. The Bertz CT molecular complexity index is 124. The highest BCUT2D eigenvalue weighted by molar-refractivity contribution is 5.88. The molecule has 0 spiro atoms. The minimum atomic E-state index is 0.161. The fraction of sp³-hybridized carbons (Fsp3) is 0.800. The fourth-order valence-corrected chi connectivity index (χ4v) is 0.599. The van der Waals surface area contributed by atoms with Gasteiger partial charge in [0.2, 0.25) is 0 Å². The number of nitrogens with zero attached hydrogens (tertiary/aromatic N) is 1. The first-order valence-electron chi connectivity index (χ1n) is 2.73. The van der Waals surface area contributed by atoms with E-state index in [9.17, 15) is 0 Å². The Morgan fingerprint density at radius 2 is 2.12 bits per heavy atom. The van der Waals surface area contributed by atoms with Gasteiger partial charge in [0.25, 0.3) is 0 Å². The van der Waals surface area contributed by atoms with E-state index < -0.39 is 0 Å². The minimum Gasteiger partial charge on any atom is -0.385 e. The number of hydrazone groups is 1. The van der Waals surface area contributed by atoms with Crippen molar-refractivity contribution in [3.05, 3.63) is 0 Å². The van der Waals surface area contributed by atoms with Crippen LogP contribution in [0.4, 0.5) is 0 Å². The second-order valence-corrected chi connectivity index (χ2v) is 2.58. The van der Waals surface area contributed by atoms with Crippen LogP contribution in [0, 0.1) is 5.41 Å². The fourth-order valence-electron chi connectivity index (χ4n) is 0.599. The van der Waals surface area contributed by atoms with Crippen LogP contribution in [-0.4, -0.2) is 5.84 Å². The summed E-state index contributed by atoms with van der Waals surface area (Å²) in [5.74, 6) is 5.56. The van der Waals surface area contributed by atoms with Crippen molar-refractivity contribution < 1.29 is 0 Å². The summed E-state index contributed by atoms with van der Waals surface area (Å²) in [4.78, 5) is 0. The Morgan fingerprint density at radius 3 is 2.25 bits per heavy atom. The van der Waals surface area contributed by atoms with Crippen LogP contribution in [0.3, 0.4) is 0 Å². The molecule has 8 heavy (non-hydrogen) atoms. The van der Waals surface area contributed by atoms with Crippen LogP contribution in [0.2, 0.25) is 0 Å². The number of rotatable bonds is 1. The Hall–Kier alpha value is -0.730. The van der Waals surface area contributed by atoms with Crippen molar-refractivity contribution in [2.45, 2.75) is 19.8 Å². The molecule has 1 aliphatic rings. The van der Waals surface area contributed by atoms with Gasteiger partial charge in [0.1, 0.15) is 5.84 Å². The first-order chi connectivity index (χ1) is 3.69. The number of amidine groups is 1.